The quantitative estimate of drug-likeness (QED) is 0.174. The van der Waals surface area contributed by atoms with Gasteiger partial charge in [-0.1, -0.05) is 0 Å². The van der Waals surface area contributed by atoms with Crippen molar-refractivity contribution < 1.29 is 71.4 Å². The molecule has 1 saturated carbocycles. The van der Waals surface area contributed by atoms with Crippen LogP contribution in [-0.4, -0.2) is 23.0 Å². The zero-order valence-corrected chi connectivity index (χ0v) is 19.6. The zero-order chi connectivity index (χ0) is 24.8. The van der Waals surface area contributed by atoms with E-state index in [-0.39, 0.29) is 19.5 Å². The van der Waals surface area contributed by atoms with Crippen molar-refractivity contribution in [1.29, 1.82) is 0 Å². The molecule has 0 N–H and O–H groups in total. The summed E-state index contributed by atoms with van der Waals surface area (Å²) in [6.45, 7) is 31.5. The number of hydrogen-bond acceptors (Lipinski definition) is 1. The Kier molecular flexibility index (Phi) is 215. The molecule has 0 heterocycles. The van der Waals surface area contributed by atoms with Crippen LogP contribution < -0.4 is 0 Å². The van der Waals surface area contributed by atoms with Gasteiger partial charge in [-0.3, -0.25) is 0 Å². The summed E-state index contributed by atoms with van der Waals surface area (Å²) in [5.74, 6) is 7.21. The Labute approximate surface area is 196 Å². The first-order valence-electron chi connectivity index (χ1n) is 5.42. The van der Waals surface area contributed by atoms with E-state index in [0.717, 1.165) is 4.02 Å². The van der Waals surface area contributed by atoms with E-state index in [1.165, 1.54) is 19.4 Å². The Morgan fingerprint density at radius 3 is 1.00 bits per heavy atom. The number of hydrogen-bond donors (Lipinski definition) is 0. The van der Waals surface area contributed by atoms with E-state index in [0.29, 0.717) is 0 Å². The minimum Gasteiger partial charge on any atom is -0.0312 e. The monoisotopic (exact) mass is 651 g/mol. The molecule has 1 aliphatic carbocycles. The van der Waals surface area contributed by atoms with Gasteiger partial charge in [-0.05, 0) is 32.1 Å². The van der Waals surface area contributed by atoms with Crippen LogP contribution in [0.2, 0.25) is 0 Å². The van der Waals surface area contributed by atoms with Crippen LogP contribution in [0.5, 0.6) is 0 Å². The second kappa shape index (κ2) is 111. The van der Waals surface area contributed by atoms with Crippen LogP contribution in [0.25, 0.3) is 0 Å². The van der Waals surface area contributed by atoms with Gasteiger partial charge in [-0.15, -0.1) is 0 Å². The summed E-state index contributed by atoms with van der Waals surface area (Å²) in [7, 11) is 3.86. The summed E-state index contributed by atoms with van der Waals surface area (Å²) in [6, 6.07) is 0. The van der Waals surface area contributed by atoms with Crippen molar-refractivity contribution in [2.24, 2.45) is 0 Å². The number of nitrogens with zero attached hydrogens (tertiary/aromatic N) is 1. The van der Waals surface area contributed by atoms with Crippen molar-refractivity contribution >= 4 is 4.02 Å². The van der Waals surface area contributed by atoms with Crippen LogP contribution in [0.3, 0.4) is 0 Å². The average Bonchev–Trinajstić information content (AvgIpc) is 3.42. The molecule has 0 unspecified atom stereocenters. The van der Waals surface area contributed by atoms with E-state index in [2.05, 4.69) is 58.4 Å². The third-order valence-electron chi connectivity index (χ3n) is 1.19. The van der Waals surface area contributed by atoms with Crippen LogP contribution in [-0.2, 0) is 71.4 Å². The Hall–Kier alpha value is -1.56. The molecule has 0 spiro atoms. The Balaban J connectivity index is -0.0000000248. The normalized spacial score (nSPS) is 6.90. The topological polar surface area (TPSA) is 143 Å². The van der Waals surface area contributed by atoms with Crippen LogP contribution >= 0.6 is 0 Å². The van der Waals surface area contributed by atoms with Crippen molar-refractivity contribution in [2.45, 2.75) is 0 Å². The number of rotatable bonds is 1. The fourth-order valence-corrected chi connectivity index (χ4v) is 0.701. The smallest absolute Gasteiger partial charge is 0.0312 e. The first-order valence-corrected chi connectivity index (χ1v) is 6.88. The summed E-state index contributed by atoms with van der Waals surface area (Å²) in [5.41, 5.74) is 0. The molecule has 8 nitrogen and oxygen atoms in total. The molecule has 10 heteroatoms. The SMILES string of the molecule is [C-]#CC#C[C](=[W])N(C)C.[C-]#[O+].[C-]#[O+].[C-]#[O+].[C-]#[O+].[C-]#[O+].[C-]#[O+].[C-]#[O+].[CH]1[CH][CH][CH][CH]1.[Ru+2]. The van der Waals surface area contributed by atoms with Crippen LogP contribution in [0.4, 0.5) is 0 Å². The van der Waals surface area contributed by atoms with E-state index in [4.69, 9.17) is 39.0 Å². The standard InChI is InChI=1S/C7H6N.C5H5.7CO.Ru.W/c1-4-5-6-7-8(2)3;1-2-4-5-3-1;7*1-2;;/h2-3H3;1-5H;;;;;;;;;/q-1;;;;;;;;;+2;. The van der Waals surface area contributed by atoms with Gasteiger partial charge < -0.3 is 0 Å². The molecule has 147 valence electrons. The average molecular weight is 650 g/mol. The molecule has 1 fully saturated rings. The van der Waals surface area contributed by atoms with E-state index < -0.39 is 0 Å². The molecule has 0 aromatic heterocycles. The molecule has 5 radical (unpaired) electrons. The van der Waals surface area contributed by atoms with Crippen molar-refractivity contribution in [3.05, 3.63) is 85.1 Å². The first kappa shape index (κ1) is 56.4. The summed E-state index contributed by atoms with van der Waals surface area (Å²) >= 11 is 1.32. The third-order valence-corrected chi connectivity index (χ3v) is 2.87. The van der Waals surface area contributed by atoms with E-state index in [1.54, 1.807) is 0 Å². The predicted octanol–water partition coefficient (Wildman–Crippen LogP) is 0.574. The Morgan fingerprint density at radius 2 is 0.862 bits per heavy atom. The summed E-state index contributed by atoms with van der Waals surface area (Å²) < 4.78 is 53.5. The molecule has 0 aromatic carbocycles. The van der Waals surface area contributed by atoms with Crippen molar-refractivity contribution in [1.82, 2.24) is 4.90 Å². The maximum absolute atomic E-state index is 7.50. The van der Waals surface area contributed by atoms with E-state index in [9.17, 15) is 0 Å². The minimum atomic E-state index is 0. The van der Waals surface area contributed by atoms with E-state index >= 15 is 0 Å². The molecule has 0 bridgehead atoms. The second-order valence-electron chi connectivity index (χ2n) is 2.54. The largest absolute Gasteiger partial charge is 2.00 e. The van der Waals surface area contributed by atoms with Crippen LogP contribution in [0.1, 0.15) is 0 Å². The van der Waals surface area contributed by atoms with Gasteiger partial charge in [0.05, 0.1) is 0 Å². The Bertz CT molecular complexity index is 471. The molecule has 0 aliphatic heterocycles. The first-order chi connectivity index (χ1) is 13.7. The van der Waals surface area contributed by atoms with Crippen molar-refractivity contribution in [3.8, 4) is 17.8 Å². The molecule has 0 aromatic rings. The van der Waals surface area contributed by atoms with Gasteiger partial charge in [0.2, 0.25) is 0 Å². The van der Waals surface area contributed by atoms with Crippen LogP contribution in [0.15, 0.2) is 0 Å². The van der Waals surface area contributed by atoms with Gasteiger partial charge in [0.25, 0.3) is 0 Å². The molecule has 0 amide bonds. The van der Waals surface area contributed by atoms with Gasteiger partial charge >= 0.3 is 165 Å². The van der Waals surface area contributed by atoms with Gasteiger partial charge in [-0.25, -0.2) is 0 Å². The fourth-order valence-electron chi connectivity index (χ4n) is 0.517. The van der Waals surface area contributed by atoms with Gasteiger partial charge in [0, 0.05) is 0 Å². The van der Waals surface area contributed by atoms with Crippen LogP contribution in [0, 0.1) is 103 Å². The maximum atomic E-state index is 7.50. The van der Waals surface area contributed by atoms with Gasteiger partial charge in [0.15, 0.2) is 0 Å². The van der Waals surface area contributed by atoms with E-state index in [1.807, 2.05) is 57.0 Å². The third kappa shape index (κ3) is 121. The molecular formula is C19H11NO7RuW+. The molecule has 0 saturated heterocycles. The maximum Gasteiger partial charge on any atom is 2.00 e. The zero-order valence-electron chi connectivity index (χ0n) is 15.0. The molecule has 0 atom stereocenters. The molecular weight excluding hydrogens is 639 g/mol. The summed E-state index contributed by atoms with van der Waals surface area (Å²) in [5, 5.41) is 0. The minimum absolute atomic E-state index is 0. The predicted molar refractivity (Wildman–Crippen MR) is 82.6 cm³/mol. The van der Waals surface area contributed by atoms with Crippen molar-refractivity contribution in [2.75, 3.05) is 14.1 Å². The molecule has 29 heavy (non-hydrogen) atoms. The van der Waals surface area contributed by atoms with Crippen molar-refractivity contribution in [3.63, 3.8) is 0 Å². The fraction of sp³-hybridized carbons (Fsp3) is 0.105. The second-order valence-corrected chi connectivity index (χ2v) is 3.93. The summed E-state index contributed by atoms with van der Waals surface area (Å²) in [4.78, 5) is 1.93. The molecule has 1 rings (SSSR count). The molecule has 1 aliphatic rings. The van der Waals surface area contributed by atoms with Gasteiger partial charge in [0.1, 0.15) is 0 Å². The summed E-state index contributed by atoms with van der Waals surface area (Å²) in [6.07, 6.45) is 16.5. The van der Waals surface area contributed by atoms with Gasteiger partial charge in [-0.2, -0.15) is 0 Å². The Morgan fingerprint density at radius 1 is 0.655 bits per heavy atom.